The zero-order valence-corrected chi connectivity index (χ0v) is 23.2. The molecule has 204 valence electrons. The summed E-state index contributed by atoms with van der Waals surface area (Å²) in [6.45, 7) is 7.30. The molecule has 0 atom stereocenters. The third-order valence-electron chi connectivity index (χ3n) is 8.81. The van der Waals surface area contributed by atoms with Crippen molar-refractivity contribution in [3.63, 3.8) is 0 Å². The monoisotopic (exact) mass is 525 g/mol. The number of hydrogen-bond donors (Lipinski definition) is 2. The number of amides is 1. The SMILES string of the molecule is Cc1cc(C)c(CNC(=O)c2cc3c(c(-c4ccc(CN5CCCCC5)cc4)c2)OC2(CCCC2)C3)c(=O)[nH]1. The Labute approximate surface area is 230 Å². The fourth-order valence-electron chi connectivity index (χ4n) is 6.72. The van der Waals surface area contributed by atoms with Gasteiger partial charge >= 0.3 is 0 Å². The zero-order chi connectivity index (χ0) is 27.0. The number of aromatic amines is 1. The van der Waals surface area contributed by atoms with Crippen LogP contribution in [-0.4, -0.2) is 34.5 Å². The summed E-state index contributed by atoms with van der Waals surface area (Å²) in [4.78, 5) is 31.3. The molecule has 0 radical (unpaired) electrons. The lowest BCUT2D eigenvalue weighted by atomic mass is 9.92. The van der Waals surface area contributed by atoms with Gasteiger partial charge in [-0.2, -0.15) is 0 Å². The molecule has 3 aromatic rings. The summed E-state index contributed by atoms with van der Waals surface area (Å²) in [5.74, 6) is 0.760. The highest BCUT2D eigenvalue weighted by atomic mass is 16.5. The number of nitrogens with one attached hydrogen (secondary N) is 2. The van der Waals surface area contributed by atoms with Crippen molar-refractivity contribution in [3.05, 3.63) is 86.3 Å². The quantitative estimate of drug-likeness (QED) is 0.425. The van der Waals surface area contributed by atoms with Crippen molar-refractivity contribution in [3.8, 4) is 16.9 Å². The number of carbonyl (C=O) groups is 1. The van der Waals surface area contributed by atoms with Crippen LogP contribution in [0.2, 0.25) is 0 Å². The largest absolute Gasteiger partial charge is 0.486 e. The van der Waals surface area contributed by atoms with Crippen LogP contribution in [0.4, 0.5) is 0 Å². The lowest BCUT2D eigenvalue weighted by Gasteiger charge is -2.26. The molecule has 3 aliphatic rings. The molecule has 2 aliphatic heterocycles. The topological polar surface area (TPSA) is 74.4 Å². The fourth-order valence-corrected chi connectivity index (χ4v) is 6.72. The first-order valence-electron chi connectivity index (χ1n) is 14.5. The summed E-state index contributed by atoms with van der Waals surface area (Å²) in [5.41, 5.74) is 7.11. The Balaban J connectivity index is 1.28. The van der Waals surface area contributed by atoms with E-state index in [0.717, 1.165) is 59.5 Å². The number of aromatic nitrogens is 1. The first kappa shape index (κ1) is 25.9. The molecular formula is C33H39N3O3. The van der Waals surface area contributed by atoms with Crippen molar-refractivity contribution in [2.45, 2.75) is 83.9 Å². The highest BCUT2D eigenvalue weighted by Crippen LogP contribution is 2.49. The van der Waals surface area contributed by atoms with Gasteiger partial charge in [-0.1, -0.05) is 30.7 Å². The van der Waals surface area contributed by atoms with E-state index in [1.807, 2.05) is 32.0 Å². The van der Waals surface area contributed by atoms with Crippen LogP contribution in [0.5, 0.6) is 5.75 Å². The van der Waals surface area contributed by atoms with Crippen LogP contribution in [-0.2, 0) is 19.5 Å². The Morgan fingerprint density at radius 3 is 2.46 bits per heavy atom. The Kier molecular flexibility index (Phi) is 7.06. The highest BCUT2D eigenvalue weighted by Gasteiger charge is 2.43. The summed E-state index contributed by atoms with van der Waals surface area (Å²) in [5, 5.41) is 3.00. The molecule has 1 amide bonds. The van der Waals surface area contributed by atoms with Crippen molar-refractivity contribution < 1.29 is 9.53 Å². The number of carbonyl (C=O) groups excluding carboxylic acids is 1. The summed E-state index contributed by atoms with van der Waals surface area (Å²) >= 11 is 0. The zero-order valence-electron chi connectivity index (χ0n) is 23.2. The number of fused-ring (bicyclic) bond motifs is 1. The fraction of sp³-hybridized carbons (Fsp3) is 0.455. The second-order valence-corrected chi connectivity index (χ2v) is 11.8. The number of likely N-dealkylation sites (tertiary alicyclic amines) is 1. The Bertz CT molecular complexity index is 1430. The van der Waals surface area contributed by atoms with Gasteiger partial charge < -0.3 is 15.0 Å². The maximum absolute atomic E-state index is 13.4. The molecule has 6 rings (SSSR count). The number of pyridine rings is 1. The van der Waals surface area contributed by atoms with Crippen molar-refractivity contribution in [2.75, 3.05) is 13.1 Å². The summed E-state index contributed by atoms with van der Waals surface area (Å²) in [7, 11) is 0. The first-order valence-corrected chi connectivity index (χ1v) is 14.5. The van der Waals surface area contributed by atoms with E-state index >= 15 is 0 Å². The molecule has 6 heteroatoms. The average molecular weight is 526 g/mol. The van der Waals surface area contributed by atoms with Gasteiger partial charge in [0.05, 0.1) is 0 Å². The van der Waals surface area contributed by atoms with Crippen molar-refractivity contribution >= 4 is 5.91 Å². The molecule has 1 spiro atoms. The molecule has 2 N–H and O–H groups in total. The minimum absolute atomic E-state index is 0.132. The van der Waals surface area contributed by atoms with Gasteiger partial charge in [0.25, 0.3) is 11.5 Å². The van der Waals surface area contributed by atoms with Gasteiger partial charge in [-0.3, -0.25) is 14.5 Å². The number of piperidine rings is 1. The number of aryl methyl sites for hydroxylation is 2. The third kappa shape index (κ3) is 5.40. The molecule has 39 heavy (non-hydrogen) atoms. The minimum Gasteiger partial charge on any atom is -0.486 e. The van der Waals surface area contributed by atoms with E-state index in [1.165, 1.54) is 50.8 Å². The van der Waals surface area contributed by atoms with Gasteiger partial charge in [0.2, 0.25) is 0 Å². The molecule has 0 unspecified atom stereocenters. The number of ether oxygens (including phenoxy) is 1. The van der Waals surface area contributed by atoms with Gasteiger partial charge in [0, 0.05) is 41.9 Å². The summed E-state index contributed by atoms with van der Waals surface area (Å²) in [6, 6.07) is 14.7. The normalized spacial score (nSPS) is 18.2. The van der Waals surface area contributed by atoms with Gasteiger partial charge in [-0.15, -0.1) is 0 Å². The Morgan fingerprint density at radius 1 is 1.00 bits per heavy atom. The van der Waals surface area contributed by atoms with Gasteiger partial charge in [0.1, 0.15) is 11.4 Å². The lowest BCUT2D eigenvalue weighted by Crippen LogP contribution is -2.30. The molecular weight excluding hydrogens is 486 g/mol. The number of benzene rings is 2. The van der Waals surface area contributed by atoms with E-state index in [9.17, 15) is 9.59 Å². The standard InChI is InChI=1S/C33H39N3O3/c1-22-16-23(2)35-32(38)29(22)20-34-31(37)26-17-27-19-33(12-4-5-13-33)39-30(27)28(18-26)25-10-8-24(9-11-25)21-36-14-6-3-7-15-36/h8-11,16-18H,3-7,12-15,19-21H2,1-2H3,(H,34,37)(H,35,38). The van der Waals surface area contributed by atoms with Crippen molar-refractivity contribution in [2.24, 2.45) is 0 Å². The molecule has 1 saturated heterocycles. The summed E-state index contributed by atoms with van der Waals surface area (Å²) in [6.07, 6.45) is 9.26. The van der Waals surface area contributed by atoms with E-state index in [2.05, 4.69) is 39.5 Å². The molecule has 6 nitrogen and oxygen atoms in total. The van der Waals surface area contributed by atoms with E-state index < -0.39 is 0 Å². The van der Waals surface area contributed by atoms with Crippen molar-refractivity contribution in [1.29, 1.82) is 0 Å². The number of rotatable bonds is 6. The predicted molar refractivity (Wildman–Crippen MR) is 154 cm³/mol. The molecule has 1 aromatic heterocycles. The van der Waals surface area contributed by atoms with E-state index in [1.54, 1.807) is 0 Å². The van der Waals surface area contributed by atoms with Crippen molar-refractivity contribution in [1.82, 2.24) is 15.2 Å². The Morgan fingerprint density at radius 2 is 1.74 bits per heavy atom. The molecule has 1 saturated carbocycles. The number of hydrogen-bond acceptors (Lipinski definition) is 4. The van der Waals surface area contributed by atoms with Gasteiger partial charge in [-0.25, -0.2) is 0 Å². The number of H-pyrrole nitrogens is 1. The van der Waals surface area contributed by atoms with Crippen LogP contribution in [0.25, 0.3) is 11.1 Å². The van der Waals surface area contributed by atoms with E-state index in [-0.39, 0.29) is 23.6 Å². The van der Waals surface area contributed by atoms with Crippen LogP contribution in [0.15, 0.2) is 47.3 Å². The second kappa shape index (κ2) is 10.6. The maximum Gasteiger partial charge on any atom is 0.253 e. The minimum atomic E-state index is -0.174. The molecule has 1 aliphatic carbocycles. The molecule has 0 bridgehead atoms. The van der Waals surface area contributed by atoms with Crippen LogP contribution in [0.1, 0.15) is 83.3 Å². The van der Waals surface area contributed by atoms with Crippen LogP contribution in [0, 0.1) is 13.8 Å². The van der Waals surface area contributed by atoms with E-state index in [0.29, 0.717) is 11.1 Å². The van der Waals surface area contributed by atoms with Gasteiger partial charge in [0.15, 0.2) is 0 Å². The van der Waals surface area contributed by atoms with Crippen LogP contribution < -0.4 is 15.6 Å². The lowest BCUT2D eigenvalue weighted by molar-refractivity contribution is 0.0950. The van der Waals surface area contributed by atoms with Crippen LogP contribution >= 0.6 is 0 Å². The predicted octanol–water partition coefficient (Wildman–Crippen LogP) is 5.82. The molecule has 2 fully saturated rings. The average Bonchev–Trinajstić information content (AvgIpc) is 3.54. The first-order chi connectivity index (χ1) is 18.9. The van der Waals surface area contributed by atoms with Crippen LogP contribution in [0.3, 0.4) is 0 Å². The molecule has 3 heterocycles. The van der Waals surface area contributed by atoms with Gasteiger partial charge in [-0.05, 0) is 106 Å². The third-order valence-corrected chi connectivity index (χ3v) is 8.81. The highest BCUT2D eigenvalue weighted by molar-refractivity contribution is 5.96. The smallest absolute Gasteiger partial charge is 0.253 e. The van der Waals surface area contributed by atoms with E-state index in [4.69, 9.17) is 4.74 Å². The molecule has 2 aromatic carbocycles. The maximum atomic E-state index is 13.4. The number of nitrogens with zero attached hydrogens (tertiary/aromatic N) is 1. The Hall–Kier alpha value is -3.38. The second-order valence-electron chi connectivity index (χ2n) is 11.8. The summed E-state index contributed by atoms with van der Waals surface area (Å²) < 4.78 is 6.71.